The lowest BCUT2D eigenvalue weighted by Gasteiger charge is -2.40. The Morgan fingerprint density at radius 1 is 1.53 bits per heavy atom. The number of hydrogen-bond donors (Lipinski definition) is 1. The van der Waals surface area contributed by atoms with Crippen LogP contribution in [0.4, 0.5) is 4.79 Å². The summed E-state index contributed by atoms with van der Waals surface area (Å²) in [4.78, 5) is 35.1. The van der Waals surface area contributed by atoms with Crippen molar-refractivity contribution in [2.75, 3.05) is 14.2 Å². The third-order valence-corrected chi connectivity index (χ3v) is 3.09. The first-order valence-electron chi connectivity index (χ1n) is 4.68. The topological polar surface area (TPSA) is 75.7 Å². The van der Waals surface area contributed by atoms with E-state index < -0.39 is 11.6 Å². The molecule has 1 spiro atoms. The van der Waals surface area contributed by atoms with Crippen molar-refractivity contribution in [3.05, 3.63) is 0 Å². The molecule has 6 nitrogen and oxygen atoms in total. The normalized spacial score (nSPS) is 34.0. The molecule has 1 heterocycles. The van der Waals surface area contributed by atoms with E-state index in [0.29, 0.717) is 12.8 Å². The standard InChI is InChI=1S/C9H12N2O4/c1-11-7(13)9(10-8(11)14)3-5(4-9)6(12)15-2/h5H,3-4H2,1-2H3,(H,10,14). The summed E-state index contributed by atoms with van der Waals surface area (Å²) in [6, 6.07) is -0.400. The Balaban J connectivity index is 2.06. The van der Waals surface area contributed by atoms with Crippen LogP contribution in [0.2, 0.25) is 0 Å². The molecule has 0 aromatic heterocycles. The number of imide groups is 1. The molecule has 0 radical (unpaired) electrons. The van der Waals surface area contributed by atoms with E-state index in [1.54, 1.807) is 0 Å². The van der Waals surface area contributed by atoms with Crippen molar-refractivity contribution in [2.45, 2.75) is 18.4 Å². The zero-order valence-electron chi connectivity index (χ0n) is 8.57. The van der Waals surface area contributed by atoms with Crippen LogP contribution in [0, 0.1) is 5.92 Å². The van der Waals surface area contributed by atoms with Gasteiger partial charge in [-0.3, -0.25) is 14.5 Å². The molecule has 3 amide bonds. The zero-order chi connectivity index (χ0) is 11.2. The second-order valence-corrected chi connectivity index (χ2v) is 4.00. The minimum absolute atomic E-state index is 0.257. The molecule has 6 heteroatoms. The van der Waals surface area contributed by atoms with E-state index in [1.165, 1.54) is 14.2 Å². The monoisotopic (exact) mass is 212 g/mol. The summed E-state index contributed by atoms with van der Waals surface area (Å²) in [7, 11) is 2.74. The van der Waals surface area contributed by atoms with E-state index in [9.17, 15) is 14.4 Å². The van der Waals surface area contributed by atoms with Crippen LogP contribution in [-0.4, -0.2) is 42.5 Å². The summed E-state index contributed by atoms with van der Waals surface area (Å²) in [6.07, 6.45) is 0.684. The van der Waals surface area contributed by atoms with Crippen LogP contribution in [0.5, 0.6) is 0 Å². The molecule has 1 aliphatic heterocycles. The predicted molar refractivity (Wildman–Crippen MR) is 48.8 cm³/mol. The van der Waals surface area contributed by atoms with Crippen LogP contribution >= 0.6 is 0 Å². The molecule has 0 aromatic rings. The van der Waals surface area contributed by atoms with Crippen molar-refractivity contribution in [2.24, 2.45) is 5.92 Å². The molecule has 2 fully saturated rings. The van der Waals surface area contributed by atoms with Gasteiger partial charge in [-0.15, -0.1) is 0 Å². The number of amides is 3. The van der Waals surface area contributed by atoms with E-state index in [-0.39, 0.29) is 17.8 Å². The number of carbonyl (C=O) groups is 3. The fourth-order valence-corrected chi connectivity index (χ4v) is 2.15. The molecule has 82 valence electrons. The molecule has 1 saturated carbocycles. The second kappa shape index (κ2) is 2.95. The average molecular weight is 212 g/mol. The maximum Gasteiger partial charge on any atom is 0.324 e. The highest BCUT2D eigenvalue weighted by molar-refractivity contribution is 6.08. The smallest absolute Gasteiger partial charge is 0.324 e. The highest BCUT2D eigenvalue weighted by atomic mass is 16.5. The van der Waals surface area contributed by atoms with Crippen LogP contribution in [0.3, 0.4) is 0 Å². The van der Waals surface area contributed by atoms with Crippen molar-refractivity contribution in [1.82, 2.24) is 10.2 Å². The van der Waals surface area contributed by atoms with Gasteiger partial charge < -0.3 is 10.1 Å². The van der Waals surface area contributed by atoms with Crippen LogP contribution < -0.4 is 5.32 Å². The third-order valence-electron chi connectivity index (χ3n) is 3.09. The van der Waals surface area contributed by atoms with Crippen molar-refractivity contribution in [3.8, 4) is 0 Å². The number of likely N-dealkylation sites (N-methyl/N-ethyl adjacent to an activating group) is 1. The maximum atomic E-state index is 11.7. The summed E-state index contributed by atoms with van der Waals surface area (Å²) < 4.78 is 4.57. The molecule has 0 aromatic carbocycles. The largest absolute Gasteiger partial charge is 0.469 e. The number of nitrogens with zero attached hydrogens (tertiary/aromatic N) is 1. The van der Waals surface area contributed by atoms with Gasteiger partial charge >= 0.3 is 12.0 Å². The lowest BCUT2D eigenvalue weighted by molar-refractivity contribution is -0.154. The van der Waals surface area contributed by atoms with Gasteiger partial charge in [0.25, 0.3) is 5.91 Å². The number of rotatable bonds is 1. The highest BCUT2D eigenvalue weighted by Crippen LogP contribution is 2.42. The van der Waals surface area contributed by atoms with E-state index >= 15 is 0 Å². The van der Waals surface area contributed by atoms with Crippen molar-refractivity contribution < 1.29 is 19.1 Å². The molecule has 2 rings (SSSR count). The van der Waals surface area contributed by atoms with Crippen LogP contribution in [0.1, 0.15) is 12.8 Å². The molecule has 1 saturated heterocycles. The Kier molecular flexibility index (Phi) is 1.95. The van der Waals surface area contributed by atoms with Gasteiger partial charge in [0.1, 0.15) is 5.54 Å². The van der Waals surface area contributed by atoms with E-state index in [2.05, 4.69) is 10.1 Å². The Morgan fingerprint density at radius 2 is 2.13 bits per heavy atom. The molecule has 15 heavy (non-hydrogen) atoms. The Labute approximate surface area is 86.6 Å². The molecular weight excluding hydrogens is 200 g/mol. The quantitative estimate of drug-likeness (QED) is 0.469. The summed E-state index contributed by atoms with van der Waals surface area (Å²) >= 11 is 0. The van der Waals surface area contributed by atoms with Crippen molar-refractivity contribution in [1.29, 1.82) is 0 Å². The lowest BCUT2D eigenvalue weighted by Crippen LogP contribution is -2.58. The first kappa shape index (κ1) is 9.95. The predicted octanol–water partition coefficient (Wildman–Crippen LogP) is -0.510. The fourth-order valence-electron chi connectivity index (χ4n) is 2.15. The van der Waals surface area contributed by atoms with Crippen LogP contribution in [0.25, 0.3) is 0 Å². The number of esters is 1. The number of carbonyl (C=O) groups excluding carboxylic acids is 3. The zero-order valence-corrected chi connectivity index (χ0v) is 8.57. The molecule has 0 unspecified atom stereocenters. The molecule has 1 N–H and O–H groups in total. The first-order chi connectivity index (χ1) is 7.00. The molecular formula is C9H12N2O4. The number of methoxy groups -OCH3 is 1. The summed E-state index contributed by atoms with van der Waals surface area (Å²) in [6.45, 7) is 0. The number of nitrogens with one attached hydrogen (secondary N) is 1. The van der Waals surface area contributed by atoms with Crippen molar-refractivity contribution >= 4 is 17.9 Å². The van der Waals surface area contributed by atoms with Gasteiger partial charge in [0.2, 0.25) is 0 Å². The maximum absolute atomic E-state index is 11.7. The van der Waals surface area contributed by atoms with Crippen LogP contribution in [0.15, 0.2) is 0 Å². The van der Waals surface area contributed by atoms with Gasteiger partial charge in [0.15, 0.2) is 0 Å². The number of ether oxygens (including phenoxy) is 1. The SMILES string of the molecule is COC(=O)C1CC2(C1)NC(=O)N(C)C2=O. The number of urea groups is 1. The average Bonchev–Trinajstić information content (AvgIpc) is 2.39. The molecule has 2 aliphatic rings. The van der Waals surface area contributed by atoms with Crippen molar-refractivity contribution in [3.63, 3.8) is 0 Å². The van der Waals surface area contributed by atoms with Gasteiger partial charge in [-0.05, 0) is 12.8 Å². The third kappa shape index (κ3) is 1.20. The first-order valence-corrected chi connectivity index (χ1v) is 4.68. The van der Waals surface area contributed by atoms with Gasteiger partial charge in [-0.25, -0.2) is 4.79 Å². The van der Waals surface area contributed by atoms with Crippen LogP contribution in [-0.2, 0) is 14.3 Å². The molecule has 0 bridgehead atoms. The van der Waals surface area contributed by atoms with Gasteiger partial charge in [-0.2, -0.15) is 0 Å². The van der Waals surface area contributed by atoms with E-state index in [0.717, 1.165) is 4.90 Å². The second-order valence-electron chi connectivity index (χ2n) is 4.00. The summed E-state index contributed by atoms with van der Waals surface area (Å²) in [5.74, 6) is -0.851. The minimum atomic E-state index is -0.843. The van der Waals surface area contributed by atoms with Gasteiger partial charge in [0.05, 0.1) is 13.0 Å². The Morgan fingerprint density at radius 3 is 2.53 bits per heavy atom. The molecule has 0 atom stereocenters. The highest BCUT2D eigenvalue weighted by Gasteiger charge is 2.59. The van der Waals surface area contributed by atoms with Gasteiger partial charge in [0, 0.05) is 7.05 Å². The Hall–Kier alpha value is -1.59. The van der Waals surface area contributed by atoms with Gasteiger partial charge in [-0.1, -0.05) is 0 Å². The summed E-state index contributed by atoms with van der Waals surface area (Å²) in [5.41, 5.74) is -0.843. The minimum Gasteiger partial charge on any atom is -0.469 e. The molecule has 1 aliphatic carbocycles. The van der Waals surface area contributed by atoms with E-state index in [1.807, 2.05) is 0 Å². The lowest BCUT2D eigenvalue weighted by atomic mass is 9.68. The number of hydrogen-bond acceptors (Lipinski definition) is 4. The fraction of sp³-hybridized carbons (Fsp3) is 0.667. The Bertz CT molecular complexity index is 346. The summed E-state index contributed by atoms with van der Waals surface area (Å²) in [5, 5.41) is 2.60. The van der Waals surface area contributed by atoms with E-state index in [4.69, 9.17) is 0 Å².